The Kier molecular flexibility index (Phi) is 3.93. The second-order valence-electron chi connectivity index (χ2n) is 7.31. The highest BCUT2D eigenvalue weighted by atomic mass is 16.2. The van der Waals surface area contributed by atoms with Gasteiger partial charge in [-0.2, -0.15) is 0 Å². The van der Waals surface area contributed by atoms with Crippen LogP contribution in [0.2, 0.25) is 0 Å². The monoisotopic (exact) mass is 311 g/mol. The van der Waals surface area contributed by atoms with Gasteiger partial charge in [-0.1, -0.05) is 12.1 Å². The number of rotatable bonds is 7. The molecule has 23 heavy (non-hydrogen) atoms. The summed E-state index contributed by atoms with van der Waals surface area (Å²) in [5.41, 5.74) is 1.12. The van der Waals surface area contributed by atoms with Gasteiger partial charge in [0.25, 0.3) is 0 Å². The highest BCUT2D eigenvalue weighted by Gasteiger charge is 2.57. The van der Waals surface area contributed by atoms with Crippen molar-refractivity contribution < 1.29 is 4.79 Å². The topological polar surface area (TPSA) is 36.4 Å². The van der Waals surface area contributed by atoms with E-state index in [1.165, 1.54) is 0 Å². The molecule has 0 spiro atoms. The number of nitrogens with zero attached hydrogens (tertiary/aromatic N) is 3. The average Bonchev–Trinajstić information content (AvgIpc) is 3.47. The lowest BCUT2D eigenvalue weighted by Gasteiger charge is -2.24. The van der Waals surface area contributed by atoms with Gasteiger partial charge < -0.3 is 4.90 Å². The largest absolute Gasteiger partial charge is 0.342 e. The van der Waals surface area contributed by atoms with Crippen molar-refractivity contribution in [3.05, 3.63) is 42.7 Å². The van der Waals surface area contributed by atoms with E-state index < -0.39 is 0 Å². The number of hydrogen-bond acceptors (Lipinski definition) is 3. The zero-order valence-electron chi connectivity index (χ0n) is 13.6. The van der Waals surface area contributed by atoms with E-state index in [2.05, 4.69) is 27.4 Å². The Balaban J connectivity index is 1.30. The van der Waals surface area contributed by atoms with E-state index in [0.717, 1.165) is 69.0 Å². The molecule has 2 aliphatic carbocycles. The van der Waals surface area contributed by atoms with Gasteiger partial charge in [0.05, 0.1) is 5.69 Å². The minimum absolute atomic E-state index is 0.368. The first-order chi connectivity index (χ1) is 11.3. The lowest BCUT2D eigenvalue weighted by molar-refractivity contribution is -0.132. The number of piperidine rings is 1. The van der Waals surface area contributed by atoms with Gasteiger partial charge in [-0.15, -0.1) is 6.58 Å². The first-order valence-corrected chi connectivity index (χ1v) is 8.78. The standard InChI is InChI=1S/C19H25N3O/c1-2-9-21(10-15-5-3-4-8-20-15)11-16-17-12-22(13-18(16)17)19(23)14-6-7-14/h2-5,8,14,16-18H,1,6-7,9-13H2/t16?,17-,18+. The van der Waals surface area contributed by atoms with Crippen molar-refractivity contribution in [2.45, 2.75) is 19.4 Å². The third kappa shape index (κ3) is 3.18. The highest BCUT2D eigenvalue weighted by Crippen LogP contribution is 2.52. The number of aromatic nitrogens is 1. The van der Waals surface area contributed by atoms with Gasteiger partial charge in [0.1, 0.15) is 0 Å². The van der Waals surface area contributed by atoms with Gasteiger partial charge in [0.2, 0.25) is 5.91 Å². The second kappa shape index (κ2) is 6.08. The predicted octanol–water partition coefficient (Wildman–Crippen LogP) is 2.18. The fourth-order valence-electron chi connectivity index (χ4n) is 4.09. The lowest BCUT2D eigenvalue weighted by atomic mass is 10.2. The summed E-state index contributed by atoms with van der Waals surface area (Å²) in [5, 5.41) is 0. The third-order valence-electron chi connectivity index (χ3n) is 5.58. The molecule has 0 N–H and O–H groups in total. The quantitative estimate of drug-likeness (QED) is 0.724. The molecule has 3 fully saturated rings. The molecule has 4 nitrogen and oxygen atoms in total. The van der Waals surface area contributed by atoms with Crippen LogP contribution in [0, 0.1) is 23.7 Å². The Morgan fingerprint density at radius 3 is 2.74 bits per heavy atom. The van der Waals surface area contributed by atoms with Gasteiger partial charge in [0.15, 0.2) is 0 Å². The lowest BCUT2D eigenvalue weighted by Crippen LogP contribution is -2.35. The number of hydrogen-bond donors (Lipinski definition) is 0. The van der Waals surface area contributed by atoms with Crippen LogP contribution >= 0.6 is 0 Å². The molecule has 0 bridgehead atoms. The van der Waals surface area contributed by atoms with Crippen LogP contribution in [0.3, 0.4) is 0 Å². The Morgan fingerprint density at radius 1 is 1.35 bits per heavy atom. The molecule has 1 saturated heterocycles. The highest BCUT2D eigenvalue weighted by molar-refractivity contribution is 5.81. The molecule has 122 valence electrons. The van der Waals surface area contributed by atoms with Crippen LogP contribution in [0.5, 0.6) is 0 Å². The van der Waals surface area contributed by atoms with Crippen LogP contribution in [0.4, 0.5) is 0 Å². The molecule has 2 saturated carbocycles. The van der Waals surface area contributed by atoms with E-state index in [-0.39, 0.29) is 0 Å². The van der Waals surface area contributed by atoms with E-state index in [1.807, 2.05) is 24.4 Å². The Bertz CT molecular complexity index is 572. The SMILES string of the molecule is C=CCN(Cc1ccccn1)CC1[C@H]2CN(C(=O)C3CC3)C[C@@H]12. The van der Waals surface area contributed by atoms with E-state index in [4.69, 9.17) is 0 Å². The molecular weight excluding hydrogens is 286 g/mol. The summed E-state index contributed by atoms with van der Waals surface area (Å²) < 4.78 is 0. The van der Waals surface area contributed by atoms with Gasteiger partial charge in [-0.3, -0.25) is 14.7 Å². The molecule has 3 atom stereocenters. The molecular formula is C19H25N3O. The minimum atomic E-state index is 0.368. The third-order valence-corrected chi connectivity index (χ3v) is 5.58. The summed E-state index contributed by atoms with van der Waals surface area (Å²) >= 11 is 0. The summed E-state index contributed by atoms with van der Waals surface area (Å²) in [4.78, 5) is 21.1. The summed E-state index contributed by atoms with van der Waals surface area (Å²) in [6, 6.07) is 6.08. The Labute approximate surface area is 138 Å². The van der Waals surface area contributed by atoms with Crippen molar-refractivity contribution in [1.29, 1.82) is 0 Å². The normalized spacial score (nSPS) is 28.7. The van der Waals surface area contributed by atoms with Crippen molar-refractivity contribution in [2.24, 2.45) is 23.7 Å². The molecule has 2 heterocycles. The fourth-order valence-corrected chi connectivity index (χ4v) is 4.09. The van der Waals surface area contributed by atoms with Gasteiger partial charge in [-0.25, -0.2) is 0 Å². The van der Waals surface area contributed by atoms with E-state index in [9.17, 15) is 4.79 Å². The number of carbonyl (C=O) groups excluding carboxylic acids is 1. The van der Waals surface area contributed by atoms with Crippen molar-refractivity contribution in [1.82, 2.24) is 14.8 Å². The minimum Gasteiger partial charge on any atom is -0.342 e. The second-order valence-corrected chi connectivity index (χ2v) is 7.31. The van der Waals surface area contributed by atoms with Gasteiger partial charge in [-0.05, 0) is 42.7 Å². The molecule has 1 aromatic rings. The van der Waals surface area contributed by atoms with Crippen molar-refractivity contribution in [3.63, 3.8) is 0 Å². The Hall–Kier alpha value is -1.68. The summed E-state index contributed by atoms with van der Waals surface area (Å²) in [7, 11) is 0. The molecule has 1 aliphatic heterocycles. The van der Waals surface area contributed by atoms with E-state index in [0.29, 0.717) is 11.8 Å². The van der Waals surface area contributed by atoms with Crippen LogP contribution in [-0.4, -0.2) is 46.9 Å². The van der Waals surface area contributed by atoms with Crippen molar-refractivity contribution in [2.75, 3.05) is 26.2 Å². The summed E-state index contributed by atoms with van der Waals surface area (Å²) in [5.74, 6) is 3.00. The van der Waals surface area contributed by atoms with Crippen molar-refractivity contribution >= 4 is 5.91 Å². The smallest absolute Gasteiger partial charge is 0.225 e. The zero-order valence-corrected chi connectivity index (χ0v) is 13.6. The van der Waals surface area contributed by atoms with Crippen LogP contribution in [0.1, 0.15) is 18.5 Å². The first kappa shape index (κ1) is 14.9. The summed E-state index contributed by atoms with van der Waals surface area (Å²) in [6.07, 6.45) is 6.06. The first-order valence-electron chi connectivity index (χ1n) is 8.78. The maximum atomic E-state index is 12.1. The zero-order chi connectivity index (χ0) is 15.8. The Morgan fingerprint density at radius 2 is 2.13 bits per heavy atom. The van der Waals surface area contributed by atoms with E-state index in [1.54, 1.807) is 0 Å². The molecule has 0 aromatic carbocycles. The predicted molar refractivity (Wildman–Crippen MR) is 89.5 cm³/mol. The number of amides is 1. The molecule has 0 radical (unpaired) electrons. The average molecular weight is 311 g/mol. The maximum absolute atomic E-state index is 12.1. The number of likely N-dealkylation sites (tertiary alicyclic amines) is 1. The van der Waals surface area contributed by atoms with Crippen LogP contribution in [0.25, 0.3) is 0 Å². The fraction of sp³-hybridized carbons (Fsp3) is 0.579. The maximum Gasteiger partial charge on any atom is 0.225 e. The van der Waals surface area contributed by atoms with Gasteiger partial charge in [0, 0.05) is 44.8 Å². The molecule has 4 heteroatoms. The molecule has 4 rings (SSSR count). The van der Waals surface area contributed by atoms with Crippen LogP contribution < -0.4 is 0 Å². The molecule has 1 aromatic heterocycles. The van der Waals surface area contributed by atoms with Crippen LogP contribution in [-0.2, 0) is 11.3 Å². The van der Waals surface area contributed by atoms with Crippen LogP contribution in [0.15, 0.2) is 37.1 Å². The molecule has 1 unspecified atom stereocenters. The van der Waals surface area contributed by atoms with Gasteiger partial charge >= 0.3 is 0 Å². The number of fused-ring (bicyclic) bond motifs is 1. The molecule has 3 aliphatic rings. The number of carbonyl (C=O) groups is 1. The summed E-state index contributed by atoms with van der Waals surface area (Å²) in [6.45, 7) is 8.76. The number of pyridine rings is 1. The van der Waals surface area contributed by atoms with E-state index >= 15 is 0 Å². The van der Waals surface area contributed by atoms with Crippen molar-refractivity contribution in [3.8, 4) is 0 Å². The molecule has 1 amide bonds.